The minimum Gasteiger partial charge on any atom is -0.314 e. The van der Waals surface area contributed by atoms with E-state index in [1.54, 1.807) is 0 Å². The predicted octanol–water partition coefficient (Wildman–Crippen LogP) is 4.10. The molecule has 1 nitrogen and oxygen atoms in total. The lowest BCUT2D eigenvalue weighted by Crippen LogP contribution is -2.30. The first-order valence-corrected chi connectivity index (χ1v) is 7.05. The van der Waals surface area contributed by atoms with Gasteiger partial charge in [0, 0.05) is 6.04 Å². The fraction of sp³-hybridized carbons (Fsp3) is 0.625. The van der Waals surface area contributed by atoms with Gasteiger partial charge in [-0.2, -0.15) is 0 Å². The Morgan fingerprint density at radius 2 is 1.71 bits per heavy atom. The van der Waals surface area contributed by atoms with E-state index in [1.807, 2.05) is 0 Å². The quantitative estimate of drug-likeness (QED) is 0.713. The average molecular weight is 233 g/mol. The second kappa shape index (κ2) is 8.30. The van der Waals surface area contributed by atoms with Crippen LogP contribution < -0.4 is 5.32 Å². The molecule has 0 bridgehead atoms. The molecular formula is C16H27N. The molecule has 0 saturated heterocycles. The Labute approximate surface area is 107 Å². The van der Waals surface area contributed by atoms with E-state index in [4.69, 9.17) is 0 Å². The Kier molecular flexibility index (Phi) is 6.95. The van der Waals surface area contributed by atoms with Gasteiger partial charge in [-0.15, -0.1) is 0 Å². The van der Waals surface area contributed by atoms with Gasteiger partial charge in [-0.05, 0) is 43.9 Å². The Morgan fingerprint density at radius 1 is 1.06 bits per heavy atom. The molecule has 0 aromatic heterocycles. The molecule has 1 rings (SSSR count). The highest BCUT2D eigenvalue weighted by atomic mass is 14.9. The molecule has 1 aromatic rings. The van der Waals surface area contributed by atoms with Crippen molar-refractivity contribution in [3.63, 3.8) is 0 Å². The van der Waals surface area contributed by atoms with Crippen molar-refractivity contribution in [2.75, 3.05) is 6.54 Å². The van der Waals surface area contributed by atoms with Gasteiger partial charge in [0.2, 0.25) is 0 Å². The number of nitrogens with one attached hydrogen (secondary N) is 1. The first-order valence-electron chi connectivity index (χ1n) is 7.05. The van der Waals surface area contributed by atoms with E-state index in [1.165, 1.54) is 36.8 Å². The average Bonchev–Trinajstić information content (AvgIpc) is 2.32. The molecule has 1 aromatic carbocycles. The minimum atomic E-state index is 0.717. The van der Waals surface area contributed by atoms with Crippen molar-refractivity contribution >= 4 is 0 Å². The van der Waals surface area contributed by atoms with E-state index in [-0.39, 0.29) is 0 Å². The third kappa shape index (κ3) is 5.36. The zero-order valence-electron chi connectivity index (χ0n) is 11.6. The Balaban J connectivity index is 2.33. The van der Waals surface area contributed by atoms with Gasteiger partial charge in [0.25, 0.3) is 0 Å². The van der Waals surface area contributed by atoms with Crippen LogP contribution in [0.15, 0.2) is 24.3 Å². The van der Waals surface area contributed by atoms with Gasteiger partial charge in [-0.1, -0.05) is 51.0 Å². The Morgan fingerprint density at radius 3 is 2.29 bits per heavy atom. The van der Waals surface area contributed by atoms with Crippen molar-refractivity contribution in [1.82, 2.24) is 5.32 Å². The van der Waals surface area contributed by atoms with Crippen LogP contribution in [0, 0.1) is 6.92 Å². The van der Waals surface area contributed by atoms with Crippen LogP contribution in [0.25, 0.3) is 0 Å². The third-order valence-corrected chi connectivity index (χ3v) is 3.36. The fourth-order valence-electron chi connectivity index (χ4n) is 2.35. The van der Waals surface area contributed by atoms with Gasteiger partial charge in [0.15, 0.2) is 0 Å². The van der Waals surface area contributed by atoms with E-state index in [0.717, 1.165) is 13.0 Å². The highest BCUT2D eigenvalue weighted by molar-refractivity contribution is 5.25. The summed E-state index contributed by atoms with van der Waals surface area (Å²) in [6.45, 7) is 7.85. The molecule has 0 fully saturated rings. The van der Waals surface area contributed by atoms with Crippen molar-refractivity contribution in [1.29, 1.82) is 0 Å². The molecule has 1 N–H and O–H groups in total. The molecule has 1 heteroatoms. The van der Waals surface area contributed by atoms with Crippen molar-refractivity contribution in [3.05, 3.63) is 35.4 Å². The van der Waals surface area contributed by atoms with E-state index in [2.05, 4.69) is 50.4 Å². The number of hydrogen-bond donors (Lipinski definition) is 1. The molecule has 17 heavy (non-hydrogen) atoms. The van der Waals surface area contributed by atoms with Crippen LogP contribution in [-0.4, -0.2) is 12.6 Å². The van der Waals surface area contributed by atoms with Gasteiger partial charge < -0.3 is 5.32 Å². The number of hydrogen-bond acceptors (Lipinski definition) is 1. The predicted molar refractivity (Wildman–Crippen MR) is 76.5 cm³/mol. The highest BCUT2D eigenvalue weighted by Crippen LogP contribution is 2.08. The Hall–Kier alpha value is -0.820. The molecule has 0 radical (unpaired) electrons. The zero-order valence-corrected chi connectivity index (χ0v) is 11.6. The van der Waals surface area contributed by atoms with Crippen LogP contribution in [-0.2, 0) is 6.42 Å². The molecule has 0 aliphatic heterocycles. The van der Waals surface area contributed by atoms with E-state index in [9.17, 15) is 0 Å². The normalized spacial score (nSPS) is 11.1. The summed E-state index contributed by atoms with van der Waals surface area (Å²) in [6.07, 6.45) is 6.32. The van der Waals surface area contributed by atoms with Crippen molar-refractivity contribution in [3.8, 4) is 0 Å². The monoisotopic (exact) mass is 233 g/mol. The van der Waals surface area contributed by atoms with Crippen LogP contribution in [0.2, 0.25) is 0 Å². The minimum absolute atomic E-state index is 0.717. The summed E-state index contributed by atoms with van der Waals surface area (Å²) in [6, 6.07) is 9.41. The summed E-state index contributed by atoms with van der Waals surface area (Å²) in [5, 5.41) is 3.70. The maximum atomic E-state index is 3.70. The first-order chi connectivity index (χ1) is 8.27. The molecule has 0 heterocycles. The molecule has 0 unspecified atom stereocenters. The van der Waals surface area contributed by atoms with Crippen molar-refractivity contribution < 1.29 is 0 Å². The van der Waals surface area contributed by atoms with Crippen molar-refractivity contribution in [2.45, 2.75) is 58.9 Å². The fourth-order valence-corrected chi connectivity index (χ4v) is 2.35. The summed E-state index contributed by atoms with van der Waals surface area (Å²) < 4.78 is 0. The SMILES string of the molecule is CCCC(CCC)NCCc1ccccc1C. The zero-order chi connectivity index (χ0) is 12.5. The van der Waals surface area contributed by atoms with Gasteiger partial charge in [0.05, 0.1) is 0 Å². The highest BCUT2D eigenvalue weighted by Gasteiger charge is 2.05. The largest absolute Gasteiger partial charge is 0.314 e. The molecule has 0 amide bonds. The molecule has 0 aliphatic carbocycles. The molecule has 0 saturated carbocycles. The summed E-state index contributed by atoms with van der Waals surface area (Å²) in [5.41, 5.74) is 2.89. The van der Waals surface area contributed by atoms with Gasteiger partial charge in [-0.25, -0.2) is 0 Å². The van der Waals surface area contributed by atoms with Crippen LogP contribution in [0.1, 0.15) is 50.7 Å². The van der Waals surface area contributed by atoms with Gasteiger partial charge in [0.1, 0.15) is 0 Å². The Bertz CT molecular complexity index is 300. The number of benzene rings is 1. The topological polar surface area (TPSA) is 12.0 Å². The van der Waals surface area contributed by atoms with E-state index in [0.29, 0.717) is 6.04 Å². The summed E-state index contributed by atoms with van der Waals surface area (Å²) >= 11 is 0. The van der Waals surface area contributed by atoms with Crippen LogP contribution in [0.4, 0.5) is 0 Å². The van der Waals surface area contributed by atoms with Gasteiger partial charge in [-0.3, -0.25) is 0 Å². The molecular weight excluding hydrogens is 206 g/mol. The molecule has 96 valence electrons. The second-order valence-electron chi connectivity index (χ2n) is 4.90. The van der Waals surface area contributed by atoms with Crippen molar-refractivity contribution in [2.24, 2.45) is 0 Å². The lowest BCUT2D eigenvalue weighted by Gasteiger charge is -2.17. The smallest absolute Gasteiger partial charge is 0.00669 e. The molecule has 0 spiro atoms. The molecule has 0 aliphatic rings. The number of aryl methyl sites for hydroxylation is 1. The lowest BCUT2D eigenvalue weighted by atomic mass is 10.0. The lowest BCUT2D eigenvalue weighted by molar-refractivity contribution is 0.447. The summed E-state index contributed by atoms with van der Waals surface area (Å²) in [7, 11) is 0. The maximum absolute atomic E-state index is 3.70. The maximum Gasteiger partial charge on any atom is 0.00669 e. The van der Waals surface area contributed by atoms with Crippen LogP contribution in [0.3, 0.4) is 0 Å². The standard InChI is InChI=1S/C16H27N/c1-4-8-16(9-5-2)17-13-12-15-11-7-6-10-14(15)3/h6-7,10-11,16-17H,4-5,8-9,12-13H2,1-3H3. The second-order valence-corrected chi connectivity index (χ2v) is 4.90. The number of rotatable bonds is 8. The third-order valence-electron chi connectivity index (χ3n) is 3.36. The summed E-state index contributed by atoms with van der Waals surface area (Å²) in [4.78, 5) is 0. The molecule has 0 atom stereocenters. The van der Waals surface area contributed by atoms with Gasteiger partial charge >= 0.3 is 0 Å². The van der Waals surface area contributed by atoms with Crippen LogP contribution in [0.5, 0.6) is 0 Å². The van der Waals surface area contributed by atoms with E-state index >= 15 is 0 Å². The van der Waals surface area contributed by atoms with Crippen LogP contribution >= 0.6 is 0 Å². The first kappa shape index (κ1) is 14.2. The summed E-state index contributed by atoms with van der Waals surface area (Å²) in [5.74, 6) is 0. The van der Waals surface area contributed by atoms with E-state index < -0.39 is 0 Å².